The first-order chi connectivity index (χ1) is 13.5. The van der Waals surface area contributed by atoms with Gasteiger partial charge in [-0.25, -0.2) is 14.4 Å². The van der Waals surface area contributed by atoms with Gasteiger partial charge in [-0.3, -0.25) is 14.9 Å². The van der Waals surface area contributed by atoms with Crippen LogP contribution in [-0.4, -0.2) is 27.6 Å². The van der Waals surface area contributed by atoms with Crippen molar-refractivity contribution in [2.24, 2.45) is 0 Å². The lowest BCUT2D eigenvalue weighted by atomic mass is 10.1. The molecule has 138 valence electrons. The third kappa shape index (κ3) is 3.21. The number of nitrogens with zero attached hydrogens (tertiary/aromatic N) is 3. The van der Waals surface area contributed by atoms with Gasteiger partial charge >= 0.3 is 6.03 Å². The van der Waals surface area contributed by atoms with Crippen LogP contribution in [0.4, 0.5) is 10.5 Å². The topological polar surface area (TPSA) is 84.3 Å². The van der Waals surface area contributed by atoms with Gasteiger partial charge in [0, 0.05) is 11.8 Å². The molecular weight excluding hydrogens is 356 g/mol. The first-order valence-electron chi connectivity index (χ1n) is 8.61. The molecule has 7 heteroatoms. The van der Waals surface area contributed by atoms with Crippen LogP contribution >= 0.6 is 0 Å². The van der Waals surface area contributed by atoms with Crippen LogP contribution in [0.15, 0.2) is 72.6 Å². The smallest absolute Gasteiger partial charge is 0.273 e. The van der Waals surface area contributed by atoms with E-state index in [-0.39, 0.29) is 5.57 Å². The fraction of sp³-hybridized carbons (Fsp3) is 0.0476. The van der Waals surface area contributed by atoms with Gasteiger partial charge in [0.2, 0.25) is 0 Å². The molecule has 3 aromatic rings. The maximum Gasteiger partial charge on any atom is 0.335 e. The third-order valence-corrected chi connectivity index (χ3v) is 4.33. The highest BCUT2D eigenvalue weighted by molar-refractivity contribution is 6.39. The molecule has 4 rings (SSSR count). The second-order valence-electron chi connectivity index (χ2n) is 6.35. The number of anilines is 1. The van der Waals surface area contributed by atoms with Gasteiger partial charge < -0.3 is 0 Å². The molecule has 0 radical (unpaired) electrons. The Kier molecular flexibility index (Phi) is 4.33. The first kappa shape index (κ1) is 17.4. The maximum atomic E-state index is 12.9. The van der Waals surface area contributed by atoms with Crippen LogP contribution < -0.4 is 10.2 Å². The number of imide groups is 2. The lowest BCUT2D eigenvalue weighted by Crippen LogP contribution is -2.54. The number of aromatic nitrogens is 2. The number of nitrogens with one attached hydrogen (secondary N) is 1. The number of urea groups is 1. The summed E-state index contributed by atoms with van der Waals surface area (Å²) in [6.07, 6.45) is 4.68. The monoisotopic (exact) mass is 372 g/mol. The summed E-state index contributed by atoms with van der Waals surface area (Å²) in [7, 11) is 0. The van der Waals surface area contributed by atoms with Crippen LogP contribution in [-0.2, 0) is 9.59 Å². The van der Waals surface area contributed by atoms with Crippen molar-refractivity contribution in [2.45, 2.75) is 6.92 Å². The average molecular weight is 372 g/mol. The molecule has 0 spiro atoms. The fourth-order valence-electron chi connectivity index (χ4n) is 2.89. The molecule has 1 aliphatic heterocycles. The van der Waals surface area contributed by atoms with Crippen molar-refractivity contribution in [2.75, 3.05) is 4.90 Å². The Hall–Kier alpha value is -4.00. The summed E-state index contributed by atoms with van der Waals surface area (Å²) < 4.78 is 1.64. The van der Waals surface area contributed by atoms with Gasteiger partial charge in [0.05, 0.1) is 17.6 Å². The van der Waals surface area contributed by atoms with Gasteiger partial charge in [0.1, 0.15) is 5.57 Å². The molecule has 0 aliphatic carbocycles. The Morgan fingerprint density at radius 3 is 2.36 bits per heavy atom. The van der Waals surface area contributed by atoms with E-state index in [4.69, 9.17) is 0 Å². The zero-order valence-electron chi connectivity index (χ0n) is 15.0. The molecule has 0 unspecified atom stereocenters. The number of carbonyl (C=O) groups is 3. The van der Waals surface area contributed by atoms with Gasteiger partial charge in [0.15, 0.2) is 0 Å². The minimum Gasteiger partial charge on any atom is -0.273 e. The first-order valence-corrected chi connectivity index (χ1v) is 8.61. The van der Waals surface area contributed by atoms with E-state index in [2.05, 4.69) is 10.4 Å². The summed E-state index contributed by atoms with van der Waals surface area (Å²) in [6.45, 7) is 1.90. The number of benzene rings is 2. The van der Waals surface area contributed by atoms with E-state index in [1.54, 1.807) is 41.3 Å². The van der Waals surface area contributed by atoms with E-state index >= 15 is 0 Å². The molecule has 2 heterocycles. The third-order valence-electron chi connectivity index (χ3n) is 4.33. The van der Waals surface area contributed by atoms with Gasteiger partial charge in [-0.15, -0.1) is 0 Å². The molecule has 0 atom stereocenters. The predicted octanol–water partition coefficient (Wildman–Crippen LogP) is 2.85. The van der Waals surface area contributed by atoms with Crippen molar-refractivity contribution in [3.8, 4) is 5.69 Å². The molecule has 1 fully saturated rings. The Morgan fingerprint density at radius 2 is 1.64 bits per heavy atom. The van der Waals surface area contributed by atoms with Crippen molar-refractivity contribution in [3.05, 3.63) is 83.7 Å². The average Bonchev–Trinajstić information content (AvgIpc) is 3.16. The van der Waals surface area contributed by atoms with Gasteiger partial charge in [-0.1, -0.05) is 35.9 Å². The van der Waals surface area contributed by atoms with Crippen LogP contribution in [0.3, 0.4) is 0 Å². The van der Waals surface area contributed by atoms with E-state index in [1.165, 1.54) is 6.08 Å². The number of barbiturate groups is 1. The summed E-state index contributed by atoms with van der Waals surface area (Å²) in [4.78, 5) is 38.3. The number of amides is 4. The number of aryl methyl sites for hydroxylation is 1. The van der Waals surface area contributed by atoms with Crippen molar-refractivity contribution in [3.63, 3.8) is 0 Å². The molecule has 2 aromatic carbocycles. The van der Waals surface area contributed by atoms with Crippen molar-refractivity contribution < 1.29 is 14.4 Å². The minimum atomic E-state index is -0.768. The van der Waals surface area contributed by atoms with Crippen LogP contribution in [0, 0.1) is 6.92 Å². The highest BCUT2D eigenvalue weighted by Crippen LogP contribution is 2.22. The quantitative estimate of drug-likeness (QED) is 0.566. The van der Waals surface area contributed by atoms with E-state index in [9.17, 15) is 14.4 Å². The molecule has 0 bridgehead atoms. The van der Waals surface area contributed by atoms with Crippen LogP contribution in [0.5, 0.6) is 0 Å². The number of hydrogen-bond acceptors (Lipinski definition) is 4. The van der Waals surface area contributed by atoms with E-state index in [0.29, 0.717) is 11.3 Å². The molecule has 28 heavy (non-hydrogen) atoms. The summed E-state index contributed by atoms with van der Waals surface area (Å²) in [6, 6.07) is 15.6. The zero-order chi connectivity index (χ0) is 19.7. The SMILES string of the molecule is Cc1ccc(N2C(=O)NC(=O)/C(=C\c3cnn(-c4ccccc4)c3)C2=O)cc1. The molecular formula is C21H16N4O3. The van der Waals surface area contributed by atoms with Crippen molar-refractivity contribution >= 4 is 29.6 Å². The Morgan fingerprint density at radius 1 is 0.929 bits per heavy atom. The van der Waals surface area contributed by atoms with Crippen LogP contribution in [0.1, 0.15) is 11.1 Å². The van der Waals surface area contributed by atoms with E-state index < -0.39 is 17.8 Å². The molecule has 1 N–H and O–H groups in total. The van der Waals surface area contributed by atoms with E-state index in [0.717, 1.165) is 16.2 Å². The number of rotatable bonds is 3. The number of carbonyl (C=O) groups excluding carboxylic acids is 3. The minimum absolute atomic E-state index is 0.132. The molecule has 0 saturated carbocycles. The predicted molar refractivity (Wildman–Crippen MR) is 104 cm³/mol. The second-order valence-corrected chi connectivity index (χ2v) is 6.35. The lowest BCUT2D eigenvalue weighted by molar-refractivity contribution is -0.122. The summed E-state index contributed by atoms with van der Waals surface area (Å²) >= 11 is 0. The van der Waals surface area contributed by atoms with E-state index in [1.807, 2.05) is 37.3 Å². The summed E-state index contributed by atoms with van der Waals surface area (Å²) in [5, 5.41) is 6.47. The summed E-state index contributed by atoms with van der Waals surface area (Å²) in [5.74, 6) is -1.41. The molecule has 4 amide bonds. The number of para-hydroxylation sites is 1. The second kappa shape index (κ2) is 6.96. The molecule has 1 aromatic heterocycles. The molecule has 1 saturated heterocycles. The Bertz CT molecular complexity index is 1100. The van der Waals surface area contributed by atoms with Gasteiger partial charge in [0.25, 0.3) is 11.8 Å². The highest BCUT2D eigenvalue weighted by atomic mass is 16.2. The zero-order valence-corrected chi connectivity index (χ0v) is 15.0. The summed E-state index contributed by atoms with van der Waals surface area (Å²) in [5.41, 5.74) is 2.68. The van der Waals surface area contributed by atoms with Crippen molar-refractivity contribution in [1.82, 2.24) is 15.1 Å². The Balaban J connectivity index is 1.67. The Labute approximate surface area is 160 Å². The normalized spacial score (nSPS) is 15.8. The lowest BCUT2D eigenvalue weighted by Gasteiger charge is -2.26. The van der Waals surface area contributed by atoms with Crippen LogP contribution in [0.2, 0.25) is 0 Å². The highest BCUT2D eigenvalue weighted by Gasteiger charge is 2.36. The fourth-order valence-corrected chi connectivity index (χ4v) is 2.89. The maximum absolute atomic E-state index is 12.9. The molecule has 1 aliphatic rings. The largest absolute Gasteiger partial charge is 0.335 e. The van der Waals surface area contributed by atoms with Crippen LogP contribution in [0.25, 0.3) is 11.8 Å². The van der Waals surface area contributed by atoms with Crippen molar-refractivity contribution in [1.29, 1.82) is 0 Å². The van der Waals surface area contributed by atoms with Gasteiger partial charge in [-0.2, -0.15) is 5.10 Å². The number of hydrogen-bond donors (Lipinski definition) is 1. The molecule has 7 nitrogen and oxygen atoms in total. The van der Waals surface area contributed by atoms with Gasteiger partial charge in [-0.05, 0) is 37.3 Å². The standard InChI is InChI=1S/C21H16N4O3/c1-14-7-9-17(10-8-14)25-20(27)18(19(26)23-21(25)28)11-15-12-22-24(13-15)16-5-3-2-4-6-16/h2-13H,1H3,(H,23,26,28)/b18-11+.